The maximum atomic E-state index is 12.4. The molecule has 128 valence electrons. The smallest absolute Gasteiger partial charge is 0.221 e. The largest absolute Gasteiger partial charge is 0.497 e. The highest BCUT2D eigenvalue weighted by Crippen LogP contribution is 2.23. The minimum atomic E-state index is -0.160. The zero-order chi connectivity index (χ0) is 17.4. The molecule has 2 aromatic rings. The fourth-order valence-electron chi connectivity index (χ4n) is 2.72. The van der Waals surface area contributed by atoms with E-state index in [4.69, 9.17) is 4.74 Å². The Hall–Kier alpha value is -2.33. The average Bonchev–Trinajstić information content (AvgIpc) is 2.62. The van der Waals surface area contributed by atoms with Crippen molar-refractivity contribution in [2.24, 2.45) is 0 Å². The molecule has 2 aromatic carbocycles. The molecule has 0 saturated carbocycles. The standard InChI is InChI=1S/C20H25NO3/c1-15(16-8-10-18(24-2)11-9-16)14-20(23)21-19(12-13-22)17-6-4-3-5-7-17/h3-11,15,19,22H,12-14H2,1-2H3,(H,21,23). The van der Waals surface area contributed by atoms with Crippen molar-refractivity contribution >= 4 is 5.91 Å². The second kappa shape index (κ2) is 9.08. The average molecular weight is 327 g/mol. The van der Waals surface area contributed by atoms with Crippen molar-refractivity contribution in [1.29, 1.82) is 0 Å². The van der Waals surface area contributed by atoms with Gasteiger partial charge in [0.25, 0.3) is 0 Å². The summed E-state index contributed by atoms with van der Waals surface area (Å²) in [5.41, 5.74) is 2.11. The summed E-state index contributed by atoms with van der Waals surface area (Å²) >= 11 is 0. The maximum Gasteiger partial charge on any atom is 0.221 e. The van der Waals surface area contributed by atoms with Crippen molar-refractivity contribution in [2.75, 3.05) is 13.7 Å². The molecule has 24 heavy (non-hydrogen) atoms. The Kier molecular flexibility index (Phi) is 6.82. The first-order chi connectivity index (χ1) is 11.6. The predicted octanol–water partition coefficient (Wildman–Crippen LogP) is 3.43. The number of carbonyl (C=O) groups is 1. The quantitative estimate of drug-likeness (QED) is 0.781. The van der Waals surface area contributed by atoms with Crippen LogP contribution < -0.4 is 10.1 Å². The van der Waals surface area contributed by atoms with Crippen molar-refractivity contribution < 1.29 is 14.6 Å². The molecule has 0 radical (unpaired) electrons. The lowest BCUT2D eigenvalue weighted by atomic mass is 9.96. The van der Waals surface area contributed by atoms with Gasteiger partial charge in [0.05, 0.1) is 13.2 Å². The molecule has 0 saturated heterocycles. The number of aliphatic hydroxyl groups excluding tert-OH is 1. The second-order valence-electron chi connectivity index (χ2n) is 5.92. The molecule has 0 heterocycles. The van der Waals surface area contributed by atoms with Gasteiger partial charge in [-0.15, -0.1) is 0 Å². The lowest BCUT2D eigenvalue weighted by Crippen LogP contribution is -2.30. The molecule has 0 aliphatic rings. The van der Waals surface area contributed by atoms with Gasteiger partial charge in [-0.05, 0) is 35.6 Å². The van der Waals surface area contributed by atoms with E-state index < -0.39 is 0 Å². The molecule has 0 aliphatic heterocycles. The molecule has 0 spiro atoms. The van der Waals surface area contributed by atoms with E-state index in [0.717, 1.165) is 16.9 Å². The molecule has 4 heteroatoms. The third kappa shape index (κ3) is 5.10. The zero-order valence-corrected chi connectivity index (χ0v) is 14.2. The van der Waals surface area contributed by atoms with E-state index in [-0.39, 0.29) is 24.5 Å². The number of carbonyl (C=O) groups excluding carboxylic acids is 1. The molecule has 2 N–H and O–H groups in total. The molecule has 0 bridgehead atoms. The number of hydrogen-bond donors (Lipinski definition) is 2. The van der Waals surface area contributed by atoms with Crippen LogP contribution in [0.25, 0.3) is 0 Å². The highest BCUT2D eigenvalue weighted by atomic mass is 16.5. The van der Waals surface area contributed by atoms with Crippen LogP contribution in [0.15, 0.2) is 54.6 Å². The summed E-state index contributed by atoms with van der Waals surface area (Å²) in [6, 6.07) is 17.4. The molecule has 2 atom stereocenters. The first-order valence-corrected chi connectivity index (χ1v) is 8.23. The van der Waals surface area contributed by atoms with Gasteiger partial charge in [-0.1, -0.05) is 49.4 Å². The van der Waals surface area contributed by atoms with Crippen molar-refractivity contribution in [3.05, 3.63) is 65.7 Å². The summed E-state index contributed by atoms with van der Waals surface area (Å²) in [7, 11) is 1.64. The van der Waals surface area contributed by atoms with Crippen LogP contribution in [0.2, 0.25) is 0 Å². The fourth-order valence-corrected chi connectivity index (χ4v) is 2.72. The van der Waals surface area contributed by atoms with Crippen molar-refractivity contribution in [1.82, 2.24) is 5.32 Å². The number of hydrogen-bond acceptors (Lipinski definition) is 3. The molecule has 0 aromatic heterocycles. The normalized spacial score (nSPS) is 13.1. The van der Waals surface area contributed by atoms with Crippen molar-refractivity contribution in [3.63, 3.8) is 0 Å². The monoisotopic (exact) mass is 327 g/mol. The number of methoxy groups -OCH3 is 1. The summed E-state index contributed by atoms with van der Waals surface area (Å²) in [4.78, 5) is 12.4. The van der Waals surface area contributed by atoms with Crippen molar-refractivity contribution in [2.45, 2.75) is 31.7 Å². The molecule has 1 amide bonds. The molecule has 2 rings (SSSR count). The number of aliphatic hydroxyl groups is 1. The van der Waals surface area contributed by atoms with Crippen LogP contribution in [0.5, 0.6) is 5.75 Å². The lowest BCUT2D eigenvalue weighted by Gasteiger charge is -2.20. The minimum Gasteiger partial charge on any atom is -0.497 e. The highest BCUT2D eigenvalue weighted by Gasteiger charge is 2.17. The summed E-state index contributed by atoms with van der Waals surface area (Å²) < 4.78 is 5.16. The van der Waals surface area contributed by atoms with Gasteiger partial charge in [0, 0.05) is 13.0 Å². The molecule has 0 fully saturated rings. The van der Waals surface area contributed by atoms with E-state index in [0.29, 0.717) is 12.8 Å². The Morgan fingerprint density at radius 1 is 1.08 bits per heavy atom. The maximum absolute atomic E-state index is 12.4. The number of benzene rings is 2. The molecule has 2 unspecified atom stereocenters. The van der Waals surface area contributed by atoms with Gasteiger partial charge < -0.3 is 15.2 Å². The van der Waals surface area contributed by atoms with E-state index in [9.17, 15) is 9.90 Å². The van der Waals surface area contributed by atoms with E-state index in [1.165, 1.54) is 0 Å². The fraction of sp³-hybridized carbons (Fsp3) is 0.350. The van der Waals surface area contributed by atoms with Crippen LogP contribution in [-0.2, 0) is 4.79 Å². The zero-order valence-electron chi connectivity index (χ0n) is 14.2. The second-order valence-corrected chi connectivity index (χ2v) is 5.92. The molecule has 4 nitrogen and oxygen atoms in total. The Bertz CT molecular complexity index is 625. The van der Waals surface area contributed by atoms with E-state index >= 15 is 0 Å². The summed E-state index contributed by atoms with van der Waals surface area (Å²) in [6.07, 6.45) is 0.910. The van der Waals surface area contributed by atoms with Gasteiger partial charge in [-0.25, -0.2) is 0 Å². The van der Waals surface area contributed by atoms with Crippen LogP contribution in [0.4, 0.5) is 0 Å². The van der Waals surface area contributed by atoms with Gasteiger partial charge in [0.1, 0.15) is 5.75 Å². The van der Waals surface area contributed by atoms with Gasteiger partial charge in [-0.3, -0.25) is 4.79 Å². The third-order valence-corrected chi connectivity index (χ3v) is 4.13. The van der Waals surface area contributed by atoms with Crippen LogP contribution in [0.3, 0.4) is 0 Å². The topological polar surface area (TPSA) is 58.6 Å². The summed E-state index contributed by atoms with van der Waals surface area (Å²) in [5, 5.41) is 12.3. The Balaban J connectivity index is 1.96. The van der Waals surface area contributed by atoms with Gasteiger partial charge in [-0.2, -0.15) is 0 Å². The number of ether oxygens (including phenoxy) is 1. The van der Waals surface area contributed by atoms with Gasteiger partial charge >= 0.3 is 0 Å². The SMILES string of the molecule is COc1ccc(C(C)CC(=O)NC(CCO)c2ccccc2)cc1. The first-order valence-electron chi connectivity index (χ1n) is 8.23. The summed E-state index contributed by atoms with van der Waals surface area (Å²) in [5.74, 6) is 0.907. The Morgan fingerprint density at radius 3 is 2.33 bits per heavy atom. The van der Waals surface area contributed by atoms with Gasteiger partial charge in [0.15, 0.2) is 0 Å². The Morgan fingerprint density at radius 2 is 1.75 bits per heavy atom. The molecular weight excluding hydrogens is 302 g/mol. The van der Waals surface area contributed by atoms with Crippen LogP contribution in [-0.4, -0.2) is 24.7 Å². The highest BCUT2D eigenvalue weighted by molar-refractivity contribution is 5.77. The third-order valence-electron chi connectivity index (χ3n) is 4.13. The Labute approximate surface area is 143 Å². The van der Waals surface area contributed by atoms with Crippen LogP contribution in [0, 0.1) is 0 Å². The van der Waals surface area contributed by atoms with E-state index in [1.807, 2.05) is 61.5 Å². The van der Waals surface area contributed by atoms with Crippen LogP contribution in [0.1, 0.15) is 42.9 Å². The number of amides is 1. The molecular formula is C20H25NO3. The van der Waals surface area contributed by atoms with E-state index in [2.05, 4.69) is 5.32 Å². The van der Waals surface area contributed by atoms with Crippen LogP contribution >= 0.6 is 0 Å². The van der Waals surface area contributed by atoms with Crippen molar-refractivity contribution in [3.8, 4) is 5.75 Å². The van der Waals surface area contributed by atoms with E-state index in [1.54, 1.807) is 7.11 Å². The minimum absolute atomic E-state index is 0.0133. The number of nitrogens with one attached hydrogen (secondary N) is 1. The first kappa shape index (κ1) is 18.0. The predicted molar refractivity (Wildman–Crippen MR) is 95.1 cm³/mol. The number of rotatable bonds is 8. The summed E-state index contributed by atoms with van der Waals surface area (Å²) in [6.45, 7) is 2.07. The van der Waals surface area contributed by atoms with Gasteiger partial charge in [0.2, 0.25) is 5.91 Å². The lowest BCUT2D eigenvalue weighted by molar-refractivity contribution is -0.122. The molecule has 0 aliphatic carbocycles.